The van der Waals surface area contributed by atoms with E-state index in [-0.39, 0.29) is 23.3 Å². The smallest absolute Gasteiger partial charge is 0.457 e. The van der Waals surface area contributed by atoms with E-state index in [1.54, 1.807) is 25.1 Å². The maximum absolute atomic E-state index is 12.5. The average Bonchev–Trinajstić information content (AvgIpc) is 3.20. The molecule has 1 amide bonds. The van der Waals surface area contributed by atoms with Crippen molar-refractivity contribution < 1.29 is 27.4 Å². The Hall–Kier alpha value is -2.74. The highest BCUT2D eigenvalue weighted by Gasteiger charge is 2.31. The molecular formula is C22H25F3N2O3. The number of hydrogen-bond donors (Lipinski definition) is 2. The Labute approximate surface area is 173 Å². The Morgan fingerprint density at radius 1 is 1.17 bits per heavy atom. The number of amides is 1. The van der Waals surface area contributed by atoms with Gasteiger partial charge in [0.25, 0.3) is 0 Å². The van der Waals surface area contributed by atoms with Gasteiger partial charge in [-0.3, -0.25) is 4.79 Å². The predicted molar refractivity (Wildman–Crippen MR) is 107 cm³/mol. The fourth-order valence-corrected chi connectivity index (χ4v) is 3.40. The van der Waals surface area contributed by atoms with Crippen molar-refractivity contribution in [2.45, 2.75) is 44.5 Å². The lowest BCUT2D eigenvalue weighted by atomic mass is 10.00. The molecule has 1 fully saturated rings. The Balaban J connectivity index is 1.58. The lowest BCUT2D eigenvalue weighted by Crippen LogP contribution is -2.32. The number of halogens is 3. The summed E-state index contributed by atoms with van der Waals surface area (Å²) in [6, 6.07) is 12.7. The van der Waals surface area contributed by atoms with Gasteiger partial charge in [0.2, 0.25) is 5.91 Å². The van der Waals surface area contributed by atoms with E-state index < -0.39 is 6.36 Å². The molecule has 2 unspecified atom stereocenters. The molecule has 30 heavy (non-hydrogen) atoms. The van der Waals surface area contributed by atoms with Crippen LogP contribution < -0.4 is 20.1 Å². The first-order chi connectivity index (χ1) is 14.3. The molecule has 2 atom stereocenters. The molecule has 162 valence electrons. The molecule has 1 aliphatic rings. The van der Waals surface area contributed by atoms with Gasteiger partial charge >= 0.3 is 6.36 Å². The van der Waals surface area contributed by atoms with E-state index in [1.807, 2.05) is 6.07 Å². The highest BCUT2D eigenvalue weighted by atomic mass is 19.4. The van der Waals surface area contributed by atoms with E-state index in [2.05, 4.69) is 15.4 Å². The summed E-state index contributed by atoms with van der Waals surface area (Å²) in [5.41, 5.74) is 0.756. The summed E-state index contributed by atoms with van der Waals surface area (Å²) < 4.78 is 46.7. The topological polar surface area (TPSA) is 59.6 Å². The Bertz CT molecular complexity index is 852. The van der Waals surface area contributed by atoms with Gasteiger partial charge in [0.05, 0.1) is 5.92 Å². The zero-order valence-corrected chi connectivity index (χ0v) is 16.7. The van der Waals surface area contributed by atoms with E-state index in [0.29, 0.717) is 18.3 Å². The number of hydrogen-bond acceptors (Lipinski definition) is 4. The van der Waals surface area contributed by atoms with Gasteiger partial charge in [-0.05, 0) is 62.6 Å². The fourth-order valence-electron chi connectivity index (χ4n) is 3.40. The molecule has 2 aromatic carbocycles. The third kappa shape index (κ3) is 6.66. The number of rotatable bonds is 8. The van der Waals surface area contributed by atoms with Crippen LogP contribution >= 0.6 is 0 Å². The van der Waals surface area contributed by atoms with Gasteiger partial charge < -0.3 is 20.1 Å². The molecule has 0 radical (unpaired) electrons. The average molecular weight is 422 g/mol. The third-order valence-corrected chi connectivity index (χ3v) is 4.98. The van der Waals surface area contributed by atoms with E-state index in [4.69, 9.17) is 4.74 Å². The molecule has 2 aromatic rings. The van der Waals surface area contributed by atoms with Gasteiger partial charge in [-0.1, -0.05) is 18.2 Å². The minimum absolute atomic E-state index is 0.0780. The van der Waals surface area contributed by atoms with E-state index >= 15 is 0 Å². The summed E-state index contributed by atoms with van der Waals surface area (Å²) in [6.45, 7) is 3.45. The minimum Gasteiger partial charge on any atom is -0.457 e. The zero-order valence-electron chi connectivity index (χ0n) is 16.7. The summed E-state index contributed by atoms with van der Waals surface area (Å²) >= 11 is 0. The Kier molecular flexibility index (Phi) is 7.20. The van der Waals surface area contributed by atoms with Crippen LogP contribution in [0.4, 0.5) is 13.2 Å². The summed E-state index contributed by atoms with van der Waals surface area (Å²) in [6.07, 6.45) is -1.56. The van der Waals surface area contributed by atoms with E-state index in [0.717, 1.165) is 31.0 Å². The largest absolute Gasteiger partial charge is 0.573 e. The molecule has 5 nitrogen and oxygen atoms in total. The second-order valence-corrected chi connectivity index (χ2v) is 7.29. The van der Waals surface area contributed by atoms with Crippen LogP contribution in [0.3, 0.4) is 0 Å². The van der Waals surface area contributed by atoms with Gasteiger partial charge in [-0.25, -0.2) is 0 Å². The van der Waals surface area contributed by atoms with Crippen LogP contribution in [-0.2, 0) is 4.79 Å². The fraction of sp³-hybridized carbons (Fsp3) is 0.409. The van der Waals surface area contributed by atoms with E-state index in [9.17, 15) is 18.0 Å². The second kappa shape index (κ2) is 9.84. The molecular weight excluding hydrogens is 397 g/mol. The molecule has 1 aliphatic heterocycles. The first kappa shape index (κ1) is 22.0. The van der Waals surface area contributed by atoms with Crippen molar-refractivity contribution in [1.29, 1.82) is 0 Å². The van der Waals surface area contributed by atoms with Crippen LogP contribution in [0.25, 0.3) is 0 Å². The monoisotopic (exact) mass is 422 g/mol. The molecule has 0 saturated carbocycles. The van der Waals surface area contributed by atoms with Gasteiger partial charge in [0.1, 0.15) is 17.2 Å². The predicted octanol–water partition coefficient (Wildman–Crippen LogP) is 4.74. The molecule has 2 N–H and O–H groups in total. The van der Waals surface area contributed by atoms with Crippen molar-refractivity contribution >= 4 is 5.91 Å². The summed E-state index contributed by atoms with van der Waals surface area (Å²) in [4.78, 5) is 12.5. The Morgan fingerprint density at radius 3 is 2.57 bits per heavy atom. The van der Waals surface area contributed by atoms with Gasteiger partial charge in [-0.2, -0.15) is 0 Å². The maximum atomic E-state index is 12.5. The molecule has 0 aliphatic carbocycles. The van der Waals surface area contributed by atoms with Crippen molar-refractivity contribution in [1.82, 2.24) is 10.6 Å². The number of ether oxygens (including phenoxy) is 2. The Morgan fingerprint density at radius 2 is 1.87 bits per heavy atom. The number of carbonyl (C=O) groups excluding carboxylic acids is 1. The minimum atomic E-state index is -4.77. The number of alkyl halides is 3. The number of benzene rings is 2. The van der Waals surface area contributed by atoms with Crippen molar-refractivity contribution in [2.75, 3.05) is 13.1 Å². The lowest BCUT2D eigenvalue weighted by Gasteiger charge is -2.16. The molecule has 1 saturated heterocycles. The molecule has 1 heterocycles. The SMILES string of the molecule is CC(C(=O)NCCC1CCCN1)c1cccc(Oc2cccc(OC(F)(F)F)c2)c1. The van der Waals surface area contributed by atoms with Crippen LogP contribution in [0.2, 0.25) is 0 Å². The highest BCUT2D eigenvalue weighted by Crippen LogP contribution is 2.30. The van der Waals surface area contributed by atoms with Gasteiger partial charge in [0.15, 0.2) is 0 Å². The molecule has 3 rings (SSSR count). The molecule has 0 spiro atoms. The van der Waals surface area contributed by atoms with Crippen LogP contribution in [0, 0.1) is 0 Å². The van der Waals surface area contributed by atoms with Crippen LogP contribution in [0.1, 0.15) is 37.7 Å². The summed E-state index contributed by atoms with van der Waals surface area (Å²) in [5, 5.41) is 6.36. The standard InChI is InChI=1S/C22H25F3N2O3/c1-15(21(28)27-12-10-17-6-4-11-26-17)16-5-2-7-18(13-16)29-19-8-3-9-20(14-19)30-22(23,24)25/h2-3,5,7-9,13-15,17,26H,4,6,10-12H2,1H3,(H,27,28). The first-order valence-corrected chi connectivity index (χ1v) is 9.95. The second-order valence-electron chi connectivity index (χ2n) is 7.29. The van der Waals surface area contributed by atoms with Crippen molar-refractivity contribution in [3.63, 3.8) is 0 Å². The first-order valence-electron chi connectivity index (χ1n) is 9.95. The van der Waals surface area contributed by atoms with Crippen molar-refractivity contribution in [2.24, 2.45) is 0 Å². The van der Waals surface area contributed by atoms with Gasteiger partial charge in [-0.15, -0.1) is 13.2 Å². The molecule has 8 heteroatoms. The quantitative estimate of drug-likeness (QED) is 0.645. The third-order valence-electron chi connectivity index (χ3n) is 4.98. The van der Waals surface area contributed by atoms with E-state index in [1.165, 1.54) is 24.6 Å². The van der Waals surface area contributed by atoms with Crippen molar-refractivity contribution in [3.8, 4) is 17.2 Å². The van der Waals surface area contributed by atoms with Crippen LogP contribution in [0.15, 0.2) is 48.5 Å². The normalized spacial score (nSPS) is 17.4. The van der Waals surface area contributed by atoms with Crippen molar-refractivity contribution in [3.05, 3.63) is 54.1 Å². The summed E-state index contributed by atoms with van der Waals surface area (Å²) in [7, 11) is 0. The zero-order chi connectivity index (χ0) is 21.6. The molecule has 0 aromatic heterocycles. The number of nitrogens with one attached hydrogen (secondary N) is 2. The lowest BCUT2D eigenvalue weighted by molar-refractivity contribution is -0.274. The number of carbonyl (C=O) groups is 1. The maximum Gasteiger partial charge on any atom is 0.573 e. The van der Waals surface area contributed by atoms with Crippen LogP contribution in [0.5, 0.6) is 17.2 Å². The molecule has 0 bridgehead atoms. The highest BCUT2D eigenvalue weighted by molar-refractivity contribution is 5.83. The summed E-state index contributed by atoms with van der Waals surface area (Å²) in [5.74, 6) is -0.196. The van der Waals surface area contributed by atoms with Crippen LogP contribution in [-0.4, -0.2) is 31.4 Å². The van der Waals surface area contributed by atoms with Gasteiger partial charge in [0, 0.05) is 18.7 Å².